The van der Waals surface area contributed by atoms with Crippen molar-refractivity contribution in [2.24, 2.45) is 0 Å². The van der Waals surface area contributed by atoms with Crippen LogP contribution in [-0.4, -0.2) is 42.0 Å². The zero-order valence-corrected chi connectivity index (χ0v) is 13.1. The topological polar surface area (TPSA) is 49.8 Å². The molecule has 1 aromatic carbocycles. The Balaban J connectivity index is 2.32. The molecule has 1 N–H and O–H groups in total. The molecule has 1 aliphatic heterocycles. The molecule has 1 aliphatic rings. The highest BCUT2D eigenvalue weighted by molar-refractivity contribution is 6.32. The first-order chi connectivity index (χ1) is 10.0. The average molecular weight is 310 g/mol. The number of halogens is 1. The molecule has 0 spiro atoms. The number of carbonyl (C=O) groups excluding carboxylic acids is 1. The number of piperidine rings is 1. The Morgan fingerprint density at radius 3 is 2.86 bits per heavy atom. The Morgan fingerprint density at radius 1 is 1.43 bits per heavy atom. The highest BCUT2D eigenvalue weighted by atomic mass is 35.5. The van der Waals surface area contributed by atoms with E-state index in [0.717, 1.165) is 24.2 Å². The van der Waals surface area contributed by atoms with Gasteiger partial charge in [0.05, 0.1) is 11.6 Å². The number of likely N-dealkylation sites (tertiary alicyclic amines) is 1. The van der Waals surface area contributed by atoms with E-state index in [0.29, 0.717) is 25.3 Å². The summed E-state index contributed by atoms with van der Waals surface area (Å²) >= 11 is 6.01. The maximum Gasteiger partial charge on any atom is 0.176 e. The second-order valence-corrected chi connectivity index (χ2v) is 5.40. The second-order valence-electron chi connectivity index (χ2n) is 4.99. The van der Waals surface area contributed by atoms with Gasteiger partial charge in [0.25, 0.3) is 0 Å². The van der Waals surface area contributed by atoms with Crippen LogP contribution in [0.3, 0.4) is 0 Å². The van der Waals surface area contributed by atoms with Crippen LogP contribution in [0.1, 0.15) is 25.8 Å². The smallest absolute Gasteiger partial charge is 0.176 e. The maximum absolute atomic E-state index is 12.0. The highest BCUT2D eigenvalue weighted by Crippen LogP contribution is 2.36. The Hall–Kier alpha value is -1.52. The van der Waals surface area contributed by atoms with Crippen molar-refractivity contribution in [3.05, 3.63) is 28.3 Å². The molecule has 0 bridgehead atoms. The molecule has 0 unspecified atom stereocenters. The third kappa shape index (κ3) is 3.77. The molecule has 1 aromatic rings. The van der Waals surface area contributed by atoms with E-state index >= 15 is 0 Å². The Morgan fingerprint density at radius 2 is 2.19 bits per heavy atom. The van der Waals surface area contributed by atoms with Crippen LogP contribution in [0.5, 0.6) is 11.5 Å². The summed E-state index contributed by atoms with van der Waals surface area (Å²) in [6, 6.07) is 3.35. The molecular weight excluding hydrogens is 290 g/mol. The molecule has 2 rings (SSSR count). The van der Waals surface area contributed by atoms with E-state index in [1.54, 1.807) is 12.1 Å². The largest absolute Gasteiger partial charge is 0.503 e. The zero-order valence-electron chi connectivity index (χ0n) is 12.4. The van der Waals surface area contributed by atoms with E-state index in [1.807, 2.05) is 13.0 Å². The van der Waals surface area contributed by atoms with Gasteiger partial charge in [-0.05, 0) is 37.2 Å². The van der Waals surface area contributed by atoms with Gasteiger partial charge in [-0.3, -0.25) is 9.69 Å². The molecule has 0 saturated carbocycles. The minimum atomic E-state index is -0.0641. The fraction of sp³-hybridized carbons (Fsp3) is 0.438. The van der Waals surface area contributed by atoms with E-state index < -0.39 is 0 Å². The number of hydrogen-bond acceptors (Lipinski definition) is 4. The molecule has 0 radical (unpaired) electrons. The van der Waals surface area contributed by atoms with Crippen molar-refractivity contribution in [3.63, 3.8) is 0 Å². The normalized spacial score (nSPS) is 18.2. The average Bonchev–Trinajstić information content (AvgIpc) is 2.47. The van der Waals surface area contributed by atoms with Crippen LogP contribution in [0.25, 0.3) is 6.08 Å². The predicted octanol–water partition coefficient (Wildman–Crippen LogP) is 3.12. The lowest BCUT2D eigenvalue weighted by Gasteiger charge is -2.26. The number of carbonyl (C=O) groups is 1. The summed E-state index contributed by atoms with van der Waals surface area (Å²) in [5.74, 6) is 0.445. The van der Waals surface area contributed by atoms with Gasteiger partial charge in [-0.25, -0.2) is 0 Å². The number of rotatable bonds is 4. The summed E-state index contributed by atoms with van der Waals surface area (Å²) in [7, 11) is 0. The van der Waals surface area contributed by atoms with E-state index in [-0.39, 0.29) is 16.6 Å². The highest BCUT2D eigenvalue weighted by Gasteiger charge is 2.20. The molecule has 5 heteroatoms. The Labute approximate surface area is 130 Å². The Kier molecular flexibility index (Phi) is 5.26. The number of hydrogen-bond donors (Lipinski definition) is 1. The first kappa shape index (κ1) is 15.9. The number of aromatic hydroxyl groups is 1. The Bertz CT molecular complexity index is 569. The lowest BCUT2D eigenvalue weighted by Crippen LogP contribution is -2.35. The van der Waals surface area contributed by atoms with Gasteiger partial charge in [-0.1, -0.05) is 18.5 Å². The maximum atomic E-state index is 12.0. The summed E-state index contributed by atoms with van der Waals surface area (Å²) in [6.07, 6.45) is 2.38. The monoisotopic (exact) mass is 309 g/mol. The first-order valence-electron chi connectivity index (χ1n) is 7.16. The minimum Gasteiger partial charge on any atom is -0.503 e. The van der Waals surface area contributed by atoms with E-state index in [4.69, 9.17) is 16.3 Å². The molecule has 1 heterocycles. The molecule has 1 fully saturated rings. The lowest BCUT2D eigenvalue weighted by molar-refractivity contribution is -0.117. The van der Waals surface area contributed by atoms with Crippen LogP contribution < -0.4 is 4.74 Å². The molecule has 0 amide bonds. The summed E-state index contributed by atoms with van der Waals surface area (Å²) in [6.45, 7) is 6.74. The van der Waals surface area contributed by atoms with Gasteiger partial charge in [0.15, 0.2) is 17.3 Å². The molecule has 0 atom stereocenters. The number of ether oxygens (including phenoxy) is 1. The lowest BCUT2D eigenvalue weighted by atomic mass is 10.00. The van der Waals surface area contributed by atoms with Crippen molar-refractivity contribution < 1.29 is 14.6 Å². The SMILES string of the molecule is CCOc1cc(/C=C2\CN(CC)CCC2=O)cc(Cl)c1O. The number of phenolic OH excluding ortho intramolecular Hbond substituents is 1. The number of benzene rings is 1. The van der Waals surface area contributed by atoms with Gasteiger partial charge in [-0.15, -0.1) is 0 Å². The second kappa shape index (κ2) is 6.96. The van der Waals surface area contributed by atoms with Crippen molar-refractivity contribution in [2.75, 3.05) is 26.2 Å². The zero-order chi connectivity index (χ0) is 15.4. The van der Waals surface area contributed by atoms with E-state index in [1.165, 1.54) is 0 Å². The summed E-state index contributed by atoms with van der Waals surface area (Å²) in [5, 5.41) is 10.1. The standard InChI is InChI=1S/C16H20ClNO3/c1-3-18-6-5-14(19)12(10-18)7-11-8-13(17)16(20)15(9-11)21-4-2/h7-9,20H,3-6,10H2,1-2H3/b12-7+. The molecular formula is C16H20ClNO3. The van der Waals surface area contributed by atoms with Crippen molar-refractivity contribution in [3.8, 4) is 11.5 Å². The van der Waals surface area contributed by atoms with Crippen LogP contribution in [0.15, 0.2) is 17.7 Å². The van der Waals surface area contributed by atoms with Crippen LogP contribution >= 0.6 is 11.6 Å². The fourth-order valence-corrected chi connectivity index (χ4v) is 2.59. The van der Waals surface area contributed by atoms with E-state index in [9.17, 15) is 9.90 Å². The minimum absolute atomic E-state index is 0.0641. The molecule has 114 valence electrons. The van der Waals surface area contributed by atoms with E-state index in [2.05, 4.69) is 11.8 Å². The van der Waals surface area contributed by atoms with Crippen LogP contribution in [-0.2, 0) is 4.79 Å². The molecule has 0 aromatic heterocycles. The summed E-state index contributed by atoms with van der Waals surface area (Å²) in [5.41, 5.74) is 1.54. The van der Waals surface area contributed by atoms with Gasteiger partial charge in [0, 0.05) is 25.1 Å². The van der Waals surface area contributed by atoms with Crippen molar-refractivity contribution in [1.82, 2.24) is 4.90 Å². The summed E-state index contributed by atoms with van der Waals surface area (Å²) < 4.78 is 5.36. The predicted molar refractivity (Wildman–Crippen MR) is 84.0 cm³/mol. The third-order valence-electron chi connectivity index (χ3n) is 3.55. The van der Waals surface area contributed by atoms with Gasteiger partial charge < -0.3 is 9.84 Å². The first-order valence-corrected chi connectivity index (χ1v) is 7.54. The van der Waals surface area contributed by atoms with Gasteiger partial charge in [0.2, 0.25) is 0 Å². The number of ketones is 1. The van der Waals surface area contributed by atoms with Crippen molar-refractivity contribution in [1.29, 1.82) is 0 Å². The van der Waals surface area contributed by atoms with Crippen LogP contribution in [0.4, 0.5) is 0 Å². The third-order valence-corrected chi connectivity index (χ3v) is 3.83. The molecule has 0 aliphatic carbocycles. The van der Waals surface area contributed by atoms with Crippen molar-refractivity contribution in [2.45, 2.75) is 20.3 Å². The van der Waals surface area contributed by atoms with Crippen LogP contribution in [0, 0.1) is 0 Å². The quantitative estimate of drug-likeness (QED) is 0.868. The van der Waals surface area contributed by atoms with Crippen LogP contribution in [0.2, 0.25) is 5.02 Å². The van der Waals surface area contributed by atoms with Crippen molar-refractivity contribution >= 4 is 23.5 Å². The number of nitrogens with zero attached hydrogens (tertiary/aromatic N) is 1. The molecule has 1 saturated heterocycles. The van der Waals surface area contributed by atoms with Gasteiger partial charge in [0.1, 0.15) is 0 Å². The van der Waals surface area contributed by atoms with Gasteiger partial charge >= 0.3 is 0 Å². The van der Waals surface area contributed by atoms with Gasteiger partial charge in [-0.2, -0.15) is 0 Å². The number of Topliss-reactive ketones (excluding diaryl/α,β-unsaturated/α-hetero) is 1. The molecule has 21 heavy (non-hydrogen) atoms. The fourth-order valence-electron chi connectivity index (χ4n) is 2.37. The number of likely N-dealkylation sites (N-methyl/N-ethyl adjacent to an activating group) is 1. The molecule has 4 nitrogen and oxygen atoms in total. The number of phenols is 1. The summed E-state index contributed by atoms with van der Waals surface area (Å²) in [4.78, 5) is 14.2.